The molecule has 17 heavy (non-hydrogen) atoms. The van der Waals surface area contributed by atoms with Gasteiger partial charge >= 0.3 is 0 Å². The maximum absolute atomic E-state index is 2.25. The van der Waals surface area contributed by atoms with Gasteiger partial charge in [0.2, 0.25) is 0 Å². The Balaban J connectivity index is 2.31. The molecule has 0 amide bonds. The number of hydrogen-bond donors (Lipinski definition) is 0. The van der Waals surface area contributed by atoms with Crippen LogP contribution in [0.2, 0.25) is 0 Å². The largest absolute Gasteiger partial charge is 0.0564 e. The van der Waals surface area contributed by atoms with Gasteiger partial charge in [-0.1, -0.05) is 58.7 Å². The highest BCUT2D eigenvalue weighted by molar-refractivity contribution is 5.43. The molecule has 87 valence electrons. The van der Waals surface area contributed by atoms with E-state index in [0.717, 1.165) is 0 Å². The van der Waals surface area contributed by atoms with Crippen molar-refractivity contribution in [1.82, 2.24) is 0 Å². The summed E-state index contributed by atoms with van der Waals surface area (Å²) in [5, 5.41) is 0. The van der Waals surface area contributed by atoms with Crippen LogP contribution >= 0.6 is 0 Å². The van der Waals surface area contributed by atoms with E-state index in [9.17, 15) is 0 Å². The highest BCUT2D eigenvalue weighted by Gasteiger charge is 2.00. The quantitative estimate of drug-likeness (QED) is 0.702. The highest BCUT2D eigenvalue weighted by atomic mass is 14.1. The van der Waals surface area contributed by atoms with Crippen LogP contribution in [0.25, 0.3) is 0 Å². The number of rotatable bonds is 2. The average molecular weight is 223 g/mol. The maximum atomic E-state index is 2.25. The standard InChI is InChI=1S/C17H19/c1-12-5-13(2)8-16(7-12)11-17-9-14(3)6-15(4)10-17/h5-11H,1-4H3. The molecule has 0 aliphatic carbocycles. The average Bonchev–Trinajstić information content (AvgIpc) is 2.13. The molecule has 2 aromatic carbocycles. The van der Waals surface area contributed by atoms with Crippen LogP contribution in [0.1, 0.15) is 33.4 Å². The lowest BCUT2D eigenvalue weighted by molar-refractivity contribution is 1.30. The van der Waals surface area contributed by atoms with Gasteiger partial charge in [0.25, 0.3) is 0 Å². The van der Waals surface area contributed by atoms with E-state index in [1.54, 1.807) is 0 Å². The molecular formula is C17H19. The number of benzene rings is 2. The number of aryl methyl sites for hydroxylation is 4. The Bertz CT molecular complexity index is 446. The highest BCUT2D eigenvalue weighted by Crippen LogP contribution is 2.18. The van der Waals surface area contributed by atoms with E-state index in [4.69, 9.17) is 0 Å². The van der Waals surface area contributed by atoms with Crippen molar-refractivity contribution in [3.8, 4) is 0 Å². The van der Waals surface area contributed by atoms with Crippen LogP contribution in [0.15, 0.2) is 36.4 Å². The second kappa shape index (κ2) is 4.75. The van der Waals surface area contributed by atoms with Gasteiger partial charge in [-0.2, -0.15) is 0 Å². The van der Waals surface area contributed by atoms with Crippen LogP contribution in [0.3, 0.4) is 0 Å². The summed E-state index contributed by atoms with van der Waals surface area (Å²) >= 11 is 0. The van der Waals surface area contributed by atoms with Crippen molar-refractivity contribution >= 4 is 0 Å². The molecule has 0 aliphatic heterocycles. The first-order chi connectivity index (χ1) is 8.02. The summed E-state index contributed by atoms with van der Waals surface area (Å²) in [6, 6.07) is 13.3. The zero-order valence-electron chi connectivity index (χ0n) is 11.0. The van der Waals surface area contributed by atoms with Gasteiger partial charge in [0, 0.05) is 6.42 Å². The van der Waals surface area contributed by atoms with Crippen LogP contribution in [-0.4, -0.2) is 0 Å². The van der Waals surface area contributed by atoms with Gasteiger partial charge in [0.15, 0.2) is 0 Å². The molecule has 0 heteroatoms. The van der Waals surface area contributed by atoms with E-state index in [1.807, 2.05) is 0 Å². The molecule has 0 N–H and O–H groups in total. The Morgan fingerprint density at radius 1 is 0.529 bits per heavy atom. The molecule has 0 atom stereocenters. The zero-order chi connectivity index (χ0) is 12.4. The van der Waals surface area contributed by atoms with Crippen LogP contribution in [-0.2, 0) is 0 Å². The second-order valence-corrected chi connectivity index (χ2v) is 4.99. The molecule has 2 aromatic rings. The van der Waals surface area contributed by atoms with Crippen LogP contribution in [0.4, 0.5) is 0 Å². The predicted molar refractivity (Wildman–Crippen MR) is 74.3 cm³/mol. The molecule has 0 nitrogen and oxygen atoms in total. The van der Waals surface area contributed by atoms with E-state index in [-0.39, 0.29) is 0 Å². The van der Waals surface area contributed by atoms with E-state index in [0.29, 0.717) is 0 Å². The Kier molecular flexibility index (Phi) is 3.33. The Labute approximate surface area is 104 Å². The summed E-state index contributed by atoms with van der Waals surface area (Å²) in [7, 11) is 0. The first-order valence-corrected chi connectivity index (χ1v) is 6.04. The van der Waals surface area contributed by atoms with Crippen molar-refractivity contribution in [3.63, 3.8) is 0 Å². The first-order valence-electron chi connectivity index (χ1n) is 6.04. The Morgan fingerprint density at radius 3 is 1.12 bits per heavy atom. The predicted octanol–water partition coefficient (Wildman–Crippen LogP) is 4.52. The van der Waals surface area contributed by atoms with Crippen molar-refractivity contribution in [2.75, 3.05) is 0 Å². The van der Waals surface area contributed by atoms with Gasteiger partial charge < -0.3 is 0 Å². The van der Waals surface area contributed by atoms with Crippen molar-refractivity contribution in [2.45, 2.75) is 27.7 Å². The fourth-order valence-electron chi connectivity index (χ4n) is 2.38. The van der Waals surface area contributed by atoms with Gasteiger partial charge in [-0.05, 0) is 38.8 Å². The van der Waals surface area contributed by atoms with E-state index >= 15 is 0 Å². The van der Waals surface area contributed by atoms with Crippen molar-refractivity contribution in [2.24, 2.45) is 0 Å². The summed E-state index contributed by atoms with van der Waals surface area (Å²) in [4.78, 5) is 0. The van der Waals surface area contributed by atoms with Crippen molar-refractivity contribution < 1.29 is 0 Å². The minimum atomic E-state index is 1.28. The van der Waals surface area contributed by atoms with Gasteiger partial charge in [-0.3, -0.25) is 0 Å². The molecule has 0 saturated carbocycles. The summed E-state index contributed by atoms with van der Waals surface area (Å²) in [5.41, 5.74) is 7.85. The summed E-state index contributed by atoms with van der Waals surface area (Å²) in [6.07, 6.45) is 2.25. The molecule has 2 rings (SSSR count). The molecule has 0 bridgehead atoms. The lowest BCUT2D eigenvalue weighted by Crippen LogP contribution is -1.90. The molecular weight excluding hydrogens is 204 g/mol. The van der Waals surface area contributed by atoms with Crippen LogP contribution < -0.4 is 0 Å². The lowest BCUT2D eigenvalue weighted by Gasteiger charge is -2.07. The fraction of sp³-hybridized carbons (Fsp3) is 0.235. The molecule has 0 heterocycles. The van der Waals surface area contributed by atoms with Crippen LogP contribution in [0, 0.1) is 34.1 Å². The third kappa shape index (κ3) is 3.20. The number of hydrogen-bond acceptors (Lipinski definition) is 0. The Hall–Kier alpha value is -1.56. The van der Waals surface area contributed by atoms with E-state index < -0.39 is 0 Å². The maximum Gasteiger partial charge on any atom is 0.0199 e. The fourth-order valence-corrected chi connectivity index (χ4v) is 2.38. The molecule has 0 fully saturated rings. The molecule has 0 unspecified atom stereocenters. The van der Waals surface area contributed by atoms with Gasteiger partial charge in [0.1, 0.15) is 0 Å². The smallest absolute Gasteiger partial charge is 0.0199 e. The summed E-state index contributed by atoms with van der Waals surface area (Å²) < 4.78 is 0. The second-order valence-electron chi connectivity index (χ2n) is 4.99. The third-order valence-corrected chi connectivity index (χ3v) is 2.82. The van der Waals surface area contributed by atoms with Gasteiger partial charge in [-0.15, -0.1) is 0 Å². The topological polar surface area (TPSA) is 0 Å². The third-order valence-electron chi connectivity index (χ3n) is 2.82. The summed E-state index contributed by atoms with van der Waals surface area (Å²) in [6.45, 7) is 8.58. The summed E-state index contributed by atoms with van der Waals surface area (Å²) in [5.74, 6) is 0. The zero-order valence-corrected chi connectivity index (χ0v) is 11.0. The normalized spacial score (nSPS) is 10.6. The monoisotopic (exact) mass is 223 g/mol. The van der Waals surface area contributed by atoms with Crippen molar-refractivity contribution in [3.05, 3.63) is 76.2 Å². The minimum Gasteiger partial charge on any atom is -0.0564 e. The molecule has 0 aromatic heterocycles. The van der Waals surface area contributed by atoms with Gasteiger partial charge in [-0.25, -0.2) is 0 Å². The lowest BCUT2D eigenvalue weighted by atomic mass is 9.98. The van der Waals surface area contributed by atoms with Crippen LogP contribution in [0.5, 0.6) is 0 Å². The first kappa shape index (κ1) is 11.9. The minimum absolute atomic E-state index is 1.28. The van der Waals surface area contributed by atoms with Gasteiger partial charge in [0.05, 0.1) is 0 Å². The molecule has 0 spiro atoms. The SMILES string of the molecule is Cc1cc(C)cc([CH]c2cc(C)cc(C)c2)c1. The van der Waals surface area contributed by atoms with E-state index in [2.05, 4.69) is 70.5 Å². The van der Waals surface area contributed by atoms with Crippen molar-refractivity contribution in [1.29, 1.82) is 0 Å². The molecule has 0 saturated heterocycles. The Morgan fingerprint density at radius 2 is 0.824 bits per heavy atom. The molecule has 1 radical (unpaired) electrons. The molecule has 0 aliphatic rings. The van der Waals surface area contributed by atoms with E-state index in [1.165, 1.54) is 33.4 Å².